The number of nitrogens with one attached hydrogen (secondary N) is 1. The highest BCUT2D eigenvalue weighted by atomic mass is 16.5. The van der Waals surface area contributed by atoms with Crippen LogP contribution in [0.3, 0.4) is 0 Å². The summed E-state index contributed by atoms with van der Waals surface area (Å²) in [5.41, 5.74) is 3.08. The monoisotopic (exact) mass is 271 g/mol. The first kappa shape index (κ1) is 11.9. The zero-order chi connectivity index (χ0) is 13.6. The fourth-order valence-corrected chi connectivity index (χ4v) is 2.93. The predicted molar refractivity (Wildman–Crippen MR) is 74.5 cm³/mol. The summed E-state index contributed by atoms with van der Waals surface area (Å²) in [6.45, 7) is 3.79. The van der Waals surface area contributed by atoms with E-state index in [2.05, 4.69) is 27.6 Å². The molecule has 3 heterocycles. The molecule has 1 aromatic heterocycles. The Balaban J connectivity index is 1.68. The molecule has 2 aliphatic rings. The molecule has 5 nitrogen and oxygen atoms in total. The lowest BCUT2D eigenvalue weighted by molar-refractivity contribution is 0.00768. The van der Waals surface area contributed by atoms with Crippen molar-refractivity contribution in [3.8, 4) is 11.5 Å². The number of anilines is 1. The maximum atomic E-state index is 5.75. The first-order valence-corrected chi connectivity index (χ1v) is 7.10. The Labute approximate surface area is 117 Å². The molecule has 1 saturated heterocycles. The van der Waals surface area contributed by atoms with Crippen molar-refractivity contribution in [3.05, 3.63) is 29.6 Å². The molecular formula is C15H17N3O2. The Morgan fingerprint density at radius 2 is 2.30 bits per heavy atom. The lowest BCUT2D eigenvalue weighted by atomic mass is 10.0. The molecule has 0 spiro atoms. The average molecular weight is 271 g/mol. The van der Waals surface area contributed by atoms with Crippen LogP contribution in [0.25, 0.3) is 11.5 Å². The van der Waals surface area contributed by atoms with Gasteiger partial charge in [0.05, 0.1) is 0 Å². The van der Waals surface area contributed by atoms with Crippen LogP contribution >= 0.6 is 0 Å². The molecule has 104 valence electrons. The van der Waals surface area contributed by atoms with E-state index in [0.717, 1.165) is 38.0 Å². The molecule has 2 aliphatic heterocycles. The van der Waals surface area contributed by atoms with Gasteiger partial charge < -0.3 is 14.6 Å². The van der Waals surface area contributed by atoms with Gasteiger partial charge in [0.1, 0.15) is 5.60 Å². The summed E-state index contributed by atoms with van der Waals surface area (Å²) in [7, 11) is 0. The molecule has 1 atom stereocenters. The molecule has 1 fully saturated rings. The smallest absolute Gasteiger partial charge is 0.258 e. The first-order chi connectivity index (χ1) is 9.74. The minimum Gasteiger partial charge on any atom is -0.384 e. The maximum absolute atomic E-state index is 5.75. The van der Waals surface area contributed by atoms with Crippen LogP contribution in [0.5, 0.6) is 0 Å². The van der Waals surface area contributed by atoms with Crippen molar-refractivity contribution >= 4 is 5.69 Å². The van der Waals surface area contributed by atoms with Crippen molar-refractivity contribution in [1.82, 2.24) is 10.1 Å². The van der Waals surface area contributed by atoms with Gasteiger partial charge >= 0.3 is 0 Å². The zero-order valence-electron chi connectivity index (χ0n) is 11.5. The van der Waals surface area contributed by atoms with E-state index in [0.29, 0.717) is 11.7 Å². The highest BCUT2D eigenvalue weighted by molar-refractivity contribution is 5.66. The summed E-state index contributed by atoms with van der Waals surface area (Å²) in [4.78, 5) is 4.53. The molecule has 0 amide bonds. The summed E-state index contributed by atoms with van der Waals surface area (Å²) < 4.78 is 11.2. The second-order valence-electron chi connectivity index (χ2n) is 5.65. The van der Waals surface area contributed by atoms with E-state index in [1.165, 1.54) is 11.3 Å². The van der Waals surface area contributed by atoms with Gasteiger partial charge in [-0.3, -0.25) is 0 Å². The number of hydrogen-bond acceptors (Lipinski definition) is 5. The summed E-state index contributed by atoms with van der Waals surface area (Å²) in [6, 6.07) is 6.25. The van der Waals surface area contributed by atoms with Crippen LogP contribution in [0.4, 0.5) is 5.69 Å². The molecule has 2 aromatic rings. The second kappa shape index (κ2) is 4.31. The normalized spacial score (nSPS) is 24.6. The first-order valence-electron chi connectivity index (χ1n) is 7.10. The van der Waals surface area contributed by atoms with Crippen molar-refractivity contribution in [2.45, 2.75) is 31.8 Å². The minimum atomic E-state index is -0.392. The molecule has 1 N–H and O–H groups in total. The van der Waals surface area contributed by atoms with Crippen LogP contribution in [0.1, 0.15) is 31.2 Å². The van der Waals surface area contributed by atoms with Gasteiger partial charge in [0.25, 0.3) is 5.89 Å². The number of benzene rings is 1. The van der Waals surface area contributed by atoms with E-state index in [9.17, 15) is 0 Å². The molecule has 4 rings (SSSR count). The fourth-order valence-electron chi connectivity index (χ4n) is 2.93. The lowest BCUT2D eigenvalue weighted by Gasteiger charge is -2.17. The predicted octanol–water partition coefficient (Wildman–Crippen LogP) is 2.73. The Bertz CT molecular complexity index is 644. The Morgan fingerprint density at radius 3 is 3.15 bits per heavy atom. The van der Waals surface area contributed by atoms with Crippen molar-refractivity contribution in [3.63, 3.8) is 0 Å². The second-order valence-corrected chi connectivity index (χ2v) is 5.65. The minimum absolute atomic E-state index is 0.392. The van der Waals surface area contributed by atoms with Gasteiger partial charge in [0.15, 0.2) is 0 Å². The van der Waals surface area contributed by atoms with Crippen LogP contribution in [0.15, 0.2) is 22.7 Å². The number of fused-ring (bicyclic) bond motifs is 1. The highest BCUT2D eigenvalue weighted by Gasteiger charge is 2.36. The van der Waals surface area contributed by atoms with Gasteiger partial charge in [0.2, 0.25) is 5.82 Å². The SMILES string of the molecule is CC1(c2noc(-c3ccc4c(c3)NCC4)n2)CCCO1. The third-order valence-corrected chi connectivity index (χ3v) is 4.18. The van der Waals surface area contributed by atoms with Gasteiger partial charge in [-0.05, 0) is 43.9 Å². The van der Waals surface area contributed by atoms with Gasteiger partial charge in [-0.25, -0.2) is 0 Å². The van der Waals surface area contributed by atoms with E-state index in [4.69, 9.17) is 9.26 Å². The average Bonchev–Trinajstić information content (AvgIpc) is 3.18. The molecule has 1 unspecified atom stereocenters. The van der Waals surface area contributed by atoms with Gasteiger partial charge in [-0.1, -0.05) is 11.2 Å². The molecular weight excluding hydrogens is 254 g/mol. The standard InChI is InChI=1S/C15H17N3O2/c1-15(6-2-8-19-15)14-17-13(20-18-14)11-4-3-10-5-7-16-12(10)9-11/h3-4,9,16H,2,5-8H2,1H3. The highest BCUT2D eigenvalue weighted by Crippen LogP contribution is 2.35. The summed E-state index contributed by atoms with van der Waals surface area (Å²) in [5, 5.41) is 7.47. The van der Waals surface area contributed by atoms with Crippen molar-refractivity contribution in [1.29, 1.82) is 0 Å². The summed E-state index contributed by atoms with van der Waals surface area (Å²) in [6.07, 6.45) is 3.07. The largest absolute Gasteiger partial charge is 0.384 e. The molecule has 0 bridgehead atoms. The zero-order valence-corrected chi connectivity index (χ0v) is 11.5. The van der Waals surface area contributed by atoms with Crippen LogP contribution in [-0.2, 0) is 16.8 Å². The van der Waals surface area contributed by atoms with Crippen molar-refractivity contribution in [2.75, 3.05) is 18.5 Å². The van der Waals surface area contributed by atoms with Crippen LogP contribution in [0, 0.1) is 0 Å². The number of nitrogens with zero attached hydrogens (tertiary/aromatic N) is 2. The van der Waals surface area contributed by atoms with E-state index in [1.54, 1.807) is 0 Å². The Kier molecular flexibility index (Phi) is 2.57. The molecule has 0 radical (unpaired) electrons. The van der Waals surface area contributed by atoms with Crippen molar-refractivity contribution in [2.24, 2.45) is 0 Å². The number of hydrogen-bond donors (Lipinski definition) is 1. The van der Waals surface area contributed by atoms with Gasteiger partial charge in [-0.15, -0.1) is 0 Å². The van der Waals surface area contributed by atoms with Crippen molar-refractivity contribution < 1.29 is 9.26 Å². The summed E-state index contributed by atoms with van der Waals surface area (Å²) in [5.74, 6) is 1.21. The van der Waals surface area contributed by atoms with Gasteiger partial charge in [0, 0.05) is 24.4 Å². The van der Waals surface area contributed by atoms with Crippen LogP contribution < -0.4 is 5.32 Å². The topological polar surface area (TPSA) is 60.2 Å². The van der Waals surface area contributed by atoms with E-state index < -0.39 is 5.60 Å². The third kappa shape index (κ3) is 1.81. The van der Waals surface area contributed by atoms with Gasteiger partial charge in [-0.2, -0.15) is 4.98 Å². The van der Waals surface area contributed by atoms with E-state index in [-0.39, 0.29) is 0 Å². The van der Waals surface area contributed by atoms with E-state index >= 15 is 0 Å². The molecule has 0 aliphatic carbocycles. The summed E-state index contributed by atoms with van der Waals surface area (Å²) >= 11 is 0. The quantitative estimate of drug-likeness (QED) is 0.910. The number of rotatable bonds is 2. The van der Waals surface area contributed by atoms with E-state index in [1.807, 2.05) is 13.0 Å². The Morgan fingerprint density at radius 1 is 1.35 bits per heavy atom. The fraction of sp³-hybridized carbons (Fsp3) is 0.467. The maximum Gasteiger partial charge on any atom is 0.258 e. The molecule has 5 heteroatoms. The Hall–Kier alpha value is -1.88. The number of ether oxygens (including phenoxy) is 1. The lowest BCUT2D eigenvalue weighted by Crippen LogP contribution is -2.21. The third-order valence-electron chi connectivity index (χ3n) is 4.18. The number of aromatic nitrogens is 2. The van der Waals surface area contributed by atoms with Crippen LogP contribution in [0.2, 0.25) is 0 Å². The molecule has 0 saturated carbocycles. The molecule has 20 heavy (non-hydrogen) atoms. The van der Waals surface area contributed by atoms with Crippen LogP contribution in [-0.4, -0.2) is 23.3 Å². The molecule has 1 aromatic carbocycles.